The Labute approximate surface area is 66.9 Å². The highest BCUT2D eigenvalue weighted by Gasteiger charge is 2.29. The normalized spacial score (nSPS) is 43.5. The van der Waals surface area contributed by atoms with Gasteiger partial charge < -0.3 is 0 Å². The van der Waals surface area contributed by atoms with E-state index in [0.29, 0.717) is 0 Å². The van der Waals surface area contributed by atoms with Gasteiger partial charge in [-0.15, -0.1) is 0 Å². The largest absolute Gasteiger partial charge is 0.279 e. The van der Waals surface area contributed by atoms with Crippen LogP contribution in [0.25, 0.3) is 0 Å². The lowest BCUT2D eigenvalue weighted by molar-refractivity contribution is 0.469. The van der Waals surface area contributed by atoms with Crippen LogP contribution in [-0.4, -0.2) is 30.0 Å². The lowest BCUT2D eigenvalue weighted by Crippen LogP contribution is -2.32. The Morgan fingerprint density at radius 2 is 1.91 bits per heavy atom. The fourth-order valence-corrected chi connectivity index (χ4v) is 4.98. The molecule has 0 spiro atoms. The standard InChI is InChI=1S/C5H10O4S2/c1-5-3-10(2,6)9-11(7,8)4-5/h5H,2-4H2,1H3. The molecular weight excluding hydrogens is 188 g/mol. The fourth-order valence-electron chi connectivity index (χ4n) is 1.07. The molecule has 0 aromatic carbocycles. The quantitative estimate of drug-likeness (QED) is 0.498. The van der Waals surface area contributed by atoms with Crippen molar-refractivity contribution in [2.45, 2.75) is 6.92 Å². The van der Waals surface area contributed by atoms with Crippen LogP contribution in [0.3, 0.4) is 0 Å². The SMILES string of the molecule is C=S1(=O)CC(C)CS(=O)(=O)O1. The van der Waals surface area contributed by atoms with E-state index in [1.165, 1.54) is 0 Å². The highest BCUT2D eigenvalue weighted by atomic mass is 32.3. The molecule has 11 heavy (non-hydrogen) atoms. The zero-order valence-corrected chi connectivity index (χ0v) is 7.78. The first kappa shape index (κ1) is 9.02. The molecule has 1 aliphatic rings. The van der Waals surface area contributed by atoms with Gasteiger partial charge in [-0.2, -0.15) is 12.0 Å². The molecule has 0 bridgehead atoms. The Kier molecular flexibility index (Phi) is 2.02. The molecule has 0 aromatic heterocycles. The Bertz CT molecular complexity index is 303. The molecular formula is C5H10O4S2. The van der Waals surface area contributed by atoms with Gasteiger partial charge in [0, 0.05) is 5.75 Å². The van der Waals surface area contributed by atoms with Crippen LogP contribution in [-0.2, 0) is 23.6 Å². The number of rotatable bonds is 0. The second-order valence-electron chi connectivity index (χ2n) is 2.81. The predicted molar refractivity (Wildman–Crippen MR) is 44.2 cm³/mol. The zero-order chi connectivity index (χ0) is 8.70. The minimum Gasteiger partial charge on any atom is -0.240 e. The molecule has 1 saturated heterocycles. The number of hydrogen-bond donors (Lipinski definition) is 0. The average Bonchev–Trinajstić information content (AvgIpc) is 1.49. The molecule has 0 amide bonds. The molecule has 6 heteroatoms. The smallest absolute Gasteiger partial charge is 0.240 e. The second-order valence-corrected chi connectivity index (χ2v) is 6.62. The predicted octanol–water partition coefficient (Wildman–Crippen LogP) is -0.386. The third kappa shape index (κ3) is 2.46. The van der Waals surface area contributed by atoms with Crippen LogP contribution in [0, 0.1) is 5.92 Å². The fraction of sp³-hybridized carbons (Fsp3) is 0.800. The van der Waals surface area contributed by atoms with Gasteiger partial charge in [0.05, 0.1) is 15.6 Å². The summed E-state index contributed by atoms with van der Waals surface area (Å²) < 4.78 is 37.1. The lowest BCUT2D eigenvalue weighted by atomic mass is 10.3. The van der Waals surface area contributed by atoms with Crippen molar-refractivity contribution in [3.05, 3.63) is 0 Å². The van der Waals surface area contributed by atoms with Gasteiger partial charge in [0.15, 0.2) is 0 Å². The van der Waals surface area contributed by atoms with E-state index in [1.807, 2.05) is 0 Å². The van der Waals surface area contributed by atoms with Gasteiger partial charge in [-0.25, -0.2) is 4.21 Å². The summed E-state index contributed by atoms with van der Waals surface area (Å²) in [5, 5.41) is 0. The van der Waals surface area contributed by atoms with Crippen molar-refractivity contribution in [3.8, 4) is 0 Å². The van der Waals surface area contributed by atoms with E-state index >= 15 is 0 Å². The molecule has 4 nitrogen and oxygen atoms in total. The van der Waals surface area contributed by atoms with E-state index in [-0.39, 0.29) is 17.4 Å². The Morgan fingerprint density at radius 1 is 1.36 bits per heavy atom. The van der Waals surface area contributed by atoms with Crippen molar-refractivity contribution in [3.63, 3.8) is 0 Å². The van der Waals surface area contributed by atoms with Crippen LogP contribution in [0.15, 0.2) is 0 Å². The second kappa shape index (κ2) is 2.46. The van der Waals surface area contributed by atoms with Crippen LogP contribution in [0.2, 0.25) is 0 Å². The van der Waals surface area contributed by atoms with E-state index in [9.17, 15) is 12.6 Å². The molecule has 0 aromatic rings. The van der Waals surface area contributed by atoms with Crippen molar-refractivity contribution < 1.29 is 16.3 Å². The highest BCUT2D eigenvalue weighted by Crippen LogP contribution is 2.17. The maximum Gasteiger partial charge on any atom is 0.279 e. The molecule has 0 saturated carbocycles. The molecule has 2 unspecified atom stereocenters. The van der Waals surface area contributed by atoms with Crippen molar-refractivity contribution in [2.75, 3.05) is 11.5 Å². The monoisotopic (exact) mass is 198 g/mol. The van der Waals surface area contributed by atoms with Gasteiger partial charge in [0.25, 0.3) is 10.1 Å². The molecule has 0 aliphatic carbocycles. The minimum absolute atomic E-state index is 0.0560. The average molecular weight is 198 g/mol. The van der Waals surface area contributed by atoms with Gasteiger partial charge in [-0.1, -0.05) is 6.92 Å². The lowest BCUT2D eigenvalue weighted by Gasteiger charge is -2.20. The van der Waals surface area contributed by atoms with Crippen molar-refractivity contribution in [2.24, 2.45) is 5.92 Å². The summed E-state index contributed by atoms with van der Waals surface area (Å²) in [6, 6.07) is 0. The summed E-state index contributed by atoms with van der Waals surface area (Å²) in [7, 11) is -6.41. The zero-order valence-electron chi connectivity index (χ0n) is 6.15. The van der Waals surface area contributed by atoms with Crippen LogP contribution in [0.1, 0.15) is 6.92 Å². The van der Waals surface area contributed by atoms with E-state index in [1.54, 1.807) is 6.92 Å². The summed E-state index contributed by atoms with van der Waals surface area (Å²) in [4.78, 5) is 0. The number of hydrogen-bond acceptors (Lipinski definition) is 4. The van der Waals surface area contributed by atoms with Crippen LogP contribution < -0.4 is 0 Å². The van der Waals surface area contributed by atoms with Crippen LogP contribution >= 0.6 is 0 Å². The molecule has 2 atom stereocenters. The highest BCUT2D eigenvalue weighted by molar-refractivity contribution is 8.05. The van der Waals surface area contributed by atoms with Gasteiger partial charge in [0.2, 0.25) is 0 Å². The van der Waals surface area contributed by atoms with Crippen molar-refractivity contribution >= 4 is 25.8 Å². The summed E-state index contributed by atoms with van der Waals surface area (Å²) in [6.07, 6.45) is 0. The topological polar surface area (TPSA) is 60.4 Å². The van der Waals surface area contributed by atoms with E-state index in [4.69, 9.17) is 0 Å². The first-order chi connectivity index (χ1) is 4.81. The van der Waals surface area contributed by atoms with Crippen LogP contribution in [0.5, 0.6) is 0 Å². The van der Waals surface area contributed by atoms with Gasteiger partial charge in [-0.3, -0.25) is 0 Å². The first-order valence-electron chi connectivity index (χ1n) is 3.09. The molecule has 0 N–H and O–H groups in total. The van der Waals surface area contributed by atoms with E-state index in [0.717, 1.165) is 0 Å². The van der Waals surface area contributed by atoms with Crippen molar-refractivity contribution in [1.82, 2.24) is 0 Å². The summed E-state index contributed by atoms with van der Waals surface area (Å²) in [5.41, 5.74) is 0. The van der Waals surface area contributed by atoms with Crippen molar-refractivity contribution in [1.29, 1.82) is 0 Å². The maximum absolute atomic E-state index is 11.1. The third-order valence-corrected chi connectivity index (χ3v) is 5.13. The Balaban J connectivity index is 3.02. The first-order valence-corrected chi connectivity index (χ1v) is 6.49. The summed E-state index contributed by atoms with van der Waals surface area (Å²) in [6.45, 7) is 1.71. The van der Waals surface area contributed by atoms with E-state index < -0.39 is 19.9 Å². The maximum atomic E-state index is 11.1. The van der Waals surface area contributed by atoms with Gasteiger partial charge in [0.1, 0.15) is 0 Å². The molecule has 0 radical (unpaired) electrons. The third-order valence-electron chi connectivity index (χ3n) is 1.25. The van der Waals surface area contributed by atoms with Gasteiger partial charge in [-0.05, 0) is 11.8 Å². The molecule has 1 aliphatic heterocycles. The van der Waals surface area contributed by atoms with Crippen LogP contribution in [0.4, 0.5) is 0 Å². The molecule has 1 heterocycles. The van der Waals surface area contributed by atoms with E-state index in [2.05, 4.69) is 9.50 Å². The molecule has 1 rings (SSSR count). The van der Waals surface area contributed by atoms with Gasteiger partial charge >= 0.3 is 0 Å². The molecule has 1 fully saturated rings. The summed E-state index contributed by atoms with van der Waals surface area (Å²) >= 11 is 0. The summed E-state index contributed by atoms with van der Waals surface area (Å²) in [5.74, 6) is 3.25. The molecule has 66 valence electrons. The Hall–Kier alpha value is -0.0700. The Morgan fingerprint density at radius 3 is 2.27 bits per heavy atom. The minimum atomic E-state index is -3.58.